The van der Waals surface area contributed by atoms with E-state index in [2.05, 4.69) is 0 Å². The summed E-state index contributed by atoms with van der Waals surface area (Å²) in [4.78, 5) is 1.55. The van der Waals surface area contributed by atoms with Crippen molar-refractivity contribution >= 4 is 17.1 Å². The molecule has 0 heterocycles. The van der Waals surface area contributed by atoms with Crippen molar-refractivity contribution in [1.29, 1.82) is 0 Å². The molecular formula is C13H20F3N3O4. The minimum atomic E-state index is -4.80. The molecule has 7 nitrogen and oxygen atoms in total. The molecule has 1 aromatic rings. The highest BCUT2D eigenvalue weighted by molar-refractivity contribution is 5.84. The molecule has 0 fully saturated rings. The van der Waals surface area contributed by atoms with E-state index in [1.54, 1.807) is 4.90 Å². The predicted molar refractivity (Wildman–Crippen MR) is 76.3 cm³/mol. The summed E-state index contributed by atoms with van der Waals surface area (Å²) in [5, 5.41) is 36.3. The molecule has 0 aromatic heterocycles. The molecule has 10 heteroatoms. The largest absolute Gasteiger partial charge is 0.416 e. The van der Waals surface area contributed by atoms with Crippen LogP contribution in [-0.2, 0) is 6.18 Å². The first-order valence-corrected chi connectivity index (χ1v) is 6.99. The van der Waals surface area contributed by atoms with Gasteiger partial charge in [-0.1, -0.05) is 13.8 Å². The molecule has 0 unspecified atom stereocenters. The summed E-state index contributed by atoms with van der Waals surface area (Å²) in [6, 6.07) is 1.06. The standard InChI is InChI=1S/C13H20F3N3O4/c1-3-5-17(6-4-2)12-10(18(20)21)7-9(13(14,15)16)8-11(12)19(22)23/h7-8,20-23H,3-6H2,1-2H3. The van der Waals surface area contributed by atoms with Crippen molar-refractivity contribution in [2.75, 3.05) is 28.4 Å². The first-order chi connectivity index (χ1) is 10.6. The van der Waals surface area contributed by atoms with Gasteiger partial charge in [0, 0.05) is 13.1 Å². The lowest BCUT2D eigenvalue weighted by atomic mass is 10.1. The highest BCUT2D eigenvalue weighted by atomic mass is 19.4. The zero-order valence-electron chi connectivity index (χ0n) is 12.7. The normalized spacial score (nSPS) is 11.5. The van der Waals surface area contributed by atoms with Crippen LogP contribution in [0.25, 0.3) is 0 Å². The number of halogens is 3. The van der Waals surface area contributed by atoms with E-state index < -0.39 is 33.6 Å². The molecule has 0 saturated heterocycles. The van der Waals surface area contributed by atoms with E-state index in [0.29, 0.717) is 38.1 Å². The van der Waals surface area contributed by atoms with Gasteiger partial charge in [-0.25, -0.2) is 0 Å². The van der Waals surface area contributed by atoms with Crippen LogP contribution in [-0.4, -0.2) is 33.9 Å². The van der Waals surface area contributed by atoms with E-state index in [9.17, 15) is 34.0 Å². The first kappa shape index (κ1) is 19.3. The number of rotatable bonds is 7. The van der Waals surface area contributed by atoms with Crippen molar-refractivity contribution in [2.24, 2.45) is 0 Å². The lowest BCUT2D eigenvalue weighted by Crippen LogP contribution is -2.30. The highest BCUT2D eigenvalue weighted by Gasteiger charge is 2.34. The van der Waals surface area contributed by atoms with Crippen molar-refractivity contribution in [3.05, 3.63) is 17.7 Å². The monoisotopic (exact) mass is 339 g/mol. The minimum absolute atomic E-state index is 0.128. The topological polar surface area (TPSA) is 90.6 Å². The van der Waals surface area contributed by atoms with Gasteiger partial charge in [0.05, 0.1) is 11.3 Å². The van der Waals surface area contributed by atoms with E-state index in [4.69, 9.17) is 0 Å². The maximum atomic E-state index is 12.9. The number of hydrogen-bond acceptors (Lipinski definition) is 7. The van der Waals surface area contributed by atoms with Gasteiger partial charge >= 0.3 is 6.18 Å². The predicted octanol–water partition coefficient (Wildman–Crippen LogP) is 3.50. The van der Waals surface area contributed by atoms with Gasteiger partial charge in [0.25, 0.3) is 0 Å². The van der Waals surface area contributed by atoms with Gasteiger partial charge in [0.2, 0.25) is 0 Å². The van der Waals surface area contributed by atoms with Crippen molar-refractivity contribution < 1.29 is 34.0 Å². The fourth-order valence-electron chi connectivity index (χ4n) is 2.27. The SMILES string of the molecule is CCCN(CCC)c1c(N(O)O)cc(C(F)(F)F)cc1N(O)O. The van der Waals surface area contributed by atoms with Crippen molar-refractivity contribution in [2.45, 2.75) is 32.9 Å². The first-order valence-electron chi connectivity index (χ1n) is 6.99. The van der Waals surface area contributed by atoms with E-state index in [-0.39, 0.29) is 5.69 Å². The molecule has 1 rings (SSSR count). The Kier molecular flexibility index (Phi) is 6.45. The quantitative estimate of drug-likeness (QED) is 0.565. The van der Waals surface area contributed by atoms with Gasteiger partial charge in [-0.3, -0.25) is 20.8 Å². The molecular weight excluding hydrogens is 319 g/mol. The van der Waals surface area contributed by atoms with Gasteiger partial charge in [-0.2, -0.15) is 13.2 Å². The number of nitrogens with zero attached hydrogens (tertiary/aromatic N) is 3. The van der Waals surface area contributed by atoms with Crippen molar-refractivity contribution in [3.8, 4) is 0 Å². The molecule has 0 bridgehead atoms. The number of benzene rings is 1. The molecule has 0 amide bonds. The molecule has 0 saturated carbocycles. The Morgan fingerprint density at radius 3 is 1.52 bits per heavy atom. The fraction of sp³-hybridized carbons (Fsp3) is 0.538. The summed E-state index contributed by atoms with van der Waals surface area (Å²) in [6.45, 7) is 4.41. The van der Waals surface area contributed by atoms with E-state index in [1.165, 1.54) is 0 Å². The molecule has 0 aliphatic rings. The van der Waals surface area contributed by atoms with E-state index >= 15 is 0 Å². The Hall–Kier alpha value is -1.75. The van der Waals surface area contributed by atoms with Gasteiger partial charge in [-0.15, -0.1) is 10.5 Å². The molecule has 23 heavy (non-hydrogen) atoms. The van der Waals surface area contributed by atoms with Gasteiger partial charge in [-0.05, 0) is 25.0 Å². The summed E-state index contributed by atoms with van der Waals surface area (Å²) in [5.41, 5.74) is -2.59. The van der Waals surface area contributed by atoms with Crippen LogP contribution in [0.3, 0.4) is 0 Å². The van der Waals surface area contributed by atoms with Crippen LogP contribution in [0.15, 0.2) is 12.1 Å². The van der Waals surface area contributed by atoms with Gasteiger partial charge < -0.3 is 4.90 Å². The molecule has 1 aromatic carbocycles. The summed E-state index contributed by atoms with van der Waals surface area (Å²) < 4.78 is 38.8. The van der Waals surface area contributed by atoms with Crippen LogP contribution < -0.4 is 15.4 Å². The van der Waals surface area contributed by atoms with Crippen LogP contribution in [0.5, 0.6) is 0 Å². The van der Waals surface area contributed by atoms with Crippen LogP contribution in [0.1, 0.15) is 32.3 Å². The van der Waals surface area contributed by atoms with Gasteiger partial charge in [0.15, 0.2) is 0 Å². The zero-order valence-corrected chi connectivity index (χ0v) is 12.7. The molecule has 0 radical (unpaired) electrons. The summed E-state index contributed by atoms with van der Waals surface area (Å²) >= 11 is 0. The number of anilines is 3. The lowest BCUT2D eigenvalue weighted by molar-refractivity contribution is -0.137. The Morgan fingerprint density at radius 2 is 1.26 bits per heavy atom. The minimum Gasteiger partial charge on any atom is -0.368 e. The molecule has 0 atom stereocenters. The van der Waals surface area contributed by atoms with Crippen LogP contribution in [0.2, 0.25) is 0 Å². The molecule has 0 aliphatic carbocycles. The second-order valence-electron chi connectivity index (χ2n) is 4.93. The van der Waals surface area contributed by atoms with Crippen LogP contribution >= 0.6 is 0 Å². The van der Waals surface area contributed by atoms with Crippen LogP contribution in [0.4, 0.5) is 30.2 Å². The Balaban J connectivity index is 3.63. The third-order valence-electron chi connectivity index (χ3n) is 3.13. The second kappa shape index (κ2) is 7.68. The molecule has 0 aliphatic heterocycles. The third-order valence-corrected chi connectivity index (χ3v) is 3.13. The Bertz CT molecular complexity index is 489. The summed E-state index contributed by atoms with van der Waals surface area (Å²) in [7, 11) is 0. The fourth-order valence-corrected chi connectivity index (χ4v) is 2.27. The number of hydrogen-bond donors (Lipinski definition) is 4. The average Bonchev–Trinajstić information content (AvgIpc) is 2.44. The van der Waals surface area contributed by atoms with E-state index in [0.717, 1.165) is 0 Å². The smallest absolute Gasteiger partial charge is 0.368 e. The van der Waals surface area contributed by atoms with Crippen LogP contribution in [0, 0.1) is 0 Å². The molecule has 0 spiro atoms. The number of alkyl halides is 3. The second-order valence-corrected chi connectivity index (χ2v) is 4.93. The molecule has 4 N–H and O–H groups in total. The molecule has 132 valence electrons. The lowest BCUT2D eigenvalue weighted by Gasteiger charge is -2.31. The third kappa shape index (κ3) is 4.61. The van der Waals surface area contributed by atoms with Crippen molar-refractivity contribution in [3.63, 3.8) is 0 Å². The van der Waals surface area contributed by atoms with E-state index in [1.807, 2.05) is 13.8 Å². The summed E-state index contributed by atoms with van der Waals surface area (Å²) in [5.74, 6) is 0. The zero-order chi connectivity index (χ0) is 17.8. The van der Waals surface area contributed by atoms with Gasteiger partial charge in [0.1, 0.15) is 11.4 Å². The Morgan fingerprint density at radius 1 is 0.870 bits per heavy atom. The highest BCUT2D eigenvalue weighted by Crippen LogP contribution is 2.43. The maximum absolute atomic E-state index is 12.9. The Labute approximate surface area is 131 Å². The summed E-state index contributed by atoms with van der Waals surface area (Å²) in [6.07, 6.45) is -3.56. The maximum Gasteiger partial charge on any atom is 0.416 e. The van der Waals surface area contributed by atoms with Crippen molar-refractivity contribution in [1.82, 2.24) is 0 Å². The average molecular weight is 339 g/mol.